The predicted molar refractivity (Wildman–Crippen MR) is 77.4 cm³/mol. The van der Waals surface area contributed by atoms with Crippen LogP contribution < -0.4 is 20.3 Å². The number of hydrogen-bond acceptors (Lipinski definition) is 5. The molecular formula is C15H14N2O5. The molecule has 3 rings (SSSR count). The third kappa shape index (κ3) is 3.03. The number of benzene rings is 1. The SMILES string of the molecule is O=C(NCC1COc2ccccc2O1)c1cc(O)[nH]c(=O)c1. The molecule has 1 aliphatic heterocycles. The van der Waals surface area contributed by atoms with E-state index in [0.717, 1.165) is 6.07 Å². The maximum absolute atomic E-state index is 12.0. The van der Waals surface area contributed by atoms with E-state index >= 15 is 0 Å². The number of aromatic hydroxyl groups is 1. The third-order valence-electron chi connectivity index (χ3n) is 3.15. The monoisotopic (exact) mass is 302 g/mol. The van der Waals surface area contributed by atoms with Gasteiger partial charge in [-0.25, -0.2) is 0 Å². The largest absolute Gasteiger partial charge is 0.494 e. The number of ether oxygens (including phenoxy) is 2. The van der Waals surface area contributed by atoms with Gasteiger partial charge in [-0.1, -0.05) is 12.1 Å². The molecule has 0 aliphatic carbocycles. The van der Waals surface area contributed by atoms with Crippen molar-refractivity contribution in [3.05, 3.63) is 52.3 Å². The van der Waals surface area contributed by atoms with Crippen molar-refractivity contribution in [2.45, 2.75) is 6.10 Å². The molecule has 2 heterocycles. The number of rotatable bonds is 3. The maximum Gasteiger partial charge on any atom is 0.251 e. The number of carbonyl (C=O) groups is 1. The van der Waals surface area contributed by atoms with E-state index in [4.69, 9.17) is 9.47 Å². The van der Waals surface area contributed by atoms with Gasteiger partial charge >= 0.3 is 0 Å². The lowest BCUT2D eigenvalue weighted by atomic mass is 10.2. The van der Waals surface area contributed by atoms with Crippen molar-refractivity contribution in [3.8, 4) is 17.4 Å². The van der Waals surface area contributed by atoms with Crippen LogP contribution in [0.4, 0.5) is 0 Å². The summed E-state index contributed by atoms with van der Waals surface area (Å²) < 4.78 is 11.2. The zero-order valence-corrected chi connectivity index (χ0v) is 11.5. The molecule has 0 bridgehead atoms. The molecule has 1 amide bonds. The zero-order chi connectivity index (χ0) is 15.5. The smallest absolute Gasteiger partial charge is 0.251 e. The minimum Gasteiger partial charge on any atom is -0.494 e. The summed E-state index contributed by atoms with van der Waals surface area (Å²) in [6.45, 7) is 0.540. The Morgan fingerprint density at radius 1 is 1.32 bits per heavy atom. The van der Waals surface area contributed by atoms with Gasteiger partial charge in [0.1, 0.15) is 12.7 Å². The summed E-state index contributed by atoms with van der Waals surface area (Å²) in [4.78, 5) is 25.3. The van der Waals surface area contributed by atoms with E-state index in [1.165, 1.54) is 6.07 Å². The van der Waals surface area contributed by atoms with E-state index in [1.54, 1.807) is 6.07 Å². The number of hydrogen-bond donors (Lipinski definition) is 3. The van der Waals surface area contributed by atoms with E-state index in [0.29, 0.717) is 18.1 Å². The standard InChI is InChI=1S/C15H14N2O5/c18-13-5-9(6-14(19)17-13)15(20)16-7-10-8-21-11-3-1-2-4-12(11)22-10/h1-6,10H,7-8H2,(H,16,20)(H2,17,18,19). The van der Waals surface area contributed by atoms with Crippen LogP contribution in [-0.2, 0) is 0 Å². The Labute approximate surface area is 125 Å². The lowest BCUT2D eigenvalue weighted by Gasteiger charge is -2.26. The molecule has 1 atom stereocenters. The summed E-state index contributed by atoms with van der Waals surface area (Å²) in [5, 5.41) is 11.9. The third-order valence-corrected chi connectivity index (χ3v) is 3.15. The number of H-pyrrole nitrogens is 1. The Balaban J connectivity index is 1.61. The molecule has 7 nitrogen and oxygen atoms in total. The number of pyridine rings is 1. The van der Waals surface area contributed by atoms with Crippen LogP contribution >= 0.6 is 0 Å². The summed E-state index contributed by atoms with van der Waals surface area (Å²) in [5.41, 5.74) is -0.463. The van der Waals surface area contributed by atoms with E-state index in [1.807, 2.05) is 18.2 Å². The van der Waals surface area contributed by atoms with Crippen molar-refractivity contribution < 1.29 is 19.4 Å². The molecule has 22 heavy (non-hydrogen) atoms. The number of fused-ring (bicyclic) bond motifs is 1. The molecule has 0 fully saturated rings. The van der Waals surface area contributed by atoms with Gasteiger partial charge < -0.3 is 19.9 Å². The normalized spacial score (nSPS) is 16.1. The van der Waals surface area contributed by atoms with E-state index in [2.05, 4.69) is 10.3 Å². The van der Waals surface area contributed by atoms with Gasteiger partial charge in [-0.2, -0.15) is 0 Å². The first-order valence-corrected chi connectivity index (χ1v) is 6.72. The highest BCUT2D eigenvalue weighted by Crippen LogP contribution is 2.30. The molecule has 2 aromatic rings. The highest BCUT2D eigenvalue weighted by molar-refractivity contribution is 5.94. The highest BCUT2D eigenvalue weighted by atomic mass is 16.6. The number of aromatic nitrogens is 1. The van der Waals surface area contributed by atoms with Crippen molar-refractivity contribution >= 4 is 5.91 Å². The molecule has 0 radical (unpaired) electrons. The van der Waals surface area contributed by atoms with Crippen molar-refractivity contribution in [2.75, 3.05) is 13.2 Å². The van der Waals surface area contributed by atoms with Crippen LogP contribution in [0.5, 0.6) is 17.4 Å². The van der Waals surface area contributed by atoms with Gasteiger partial charge in [-0.3, -0.25) is 14.6 Å². The average molecular weight is 302 g/mol. The number of para-hydroxylation sites is 2. The second-order valence-corrected chi connectivity index (χ2v) is 4.83. The number of carbonyl (C=O) groups excluding carboxylic acids is 1. The molecular weight excluding hydrogens is 288 g/mol. The summed E-state index contributed by atoms with van der Waals surface area (Å²) >= 11 is 0. The van der Waals surface area contributed by atoms with Crippen LogP contribution in [-0.4, -0.2) is 35.3 Å². The van der Waals surface area contributed by atoms with Crippen molar-refractivity contribution in [3.63, 3.8) is 0 Å². The zero-order valence-electron chi connectivity index (χ0n) is 11.5. The second kappa shape index (κ2) is 5.80. The molecule has 0 saturated carbocycles. The van der Waals surface area contributed by atoms with Gasteiger partial charge in [0.15, 0.2) is 17.4 Å². The van der Waals surface area contributed by atoms with Crippen LogP contribution in [0.15, 0.2) is 41.2 Å². The van der Waals surface area contributed by atoms with Crippen molar-refractivity contribution in [2.24, 2.45) is 0 Å². The van der Waals surface area contributed by atoms with Gasteiger partial charge in [0.25, 0.3) is 11.5 Å². The Kier molecular flexibility index (Phi) is 3.69. The molecule has 0 saturated heterocycles. The molecule has 1 aromatic carbocycles. The van der Waals surface area contributed by atoms with E-state index < -0.39 is 11.5 Å². The summed E-state index contributed by atoms with van der Waals surface area (Å²) in [6.07, 6.45) is -0.325. The minimum absolute atomic E-state index is 0.0818. The fourth-order valence-corrected chi connectivity index (χ4v) is 2.13. The van der Waals surface area contributed by atoms with Crippen LogP contribution in [0.1, 0.15) is 10.4 Å². The second-order valence-electron chi connectivity index (χ2n) is 4.83. The fourth-order valence-electron chi connectivity index (χ4n) is 2.13. The lowest BCUT2D eigenvalue weighted by Crippen LogP contribution is -2.40. The Morgan fingerprint density at radius 3 is 2.86 bits per heavy atom. The van der Waals surface area contributed by atoms with Gasteiger partial charge in [-0.05, 0) is 12.1 Å². The van der Waals surface area contributed by atoms with Crippen LogP contribution in [0.2, 0.25) is 0 Å². The summed E-state index contributed by atoms with van der Waals surface area (Å²) in [5.74, 6) is 0.471. The highest BCUT2D eigenvalue weighted by Gasteiger charge is 2.21. The fraction of sp³-hybridized carbons (Fsp3) is 0.200. The molecule has 1 aromatic heterocycles. The van der Waals surface area contributed by atoms with Crippen LogP contribution in [0.3, 0.4) is 0 Å². The Hall–Kier alpha value is -2.96. The first kappa shape index (κ1) is 14.0. The Morgan fingerprint density at radius 2 is 2.09 bits per heavy atom. The van der Waals surface area contributed by atoms with Gasteiger partial charge in [0, 0.05) is 12.1 Å². The van der Waals surface area contributed by atoms with Crippen LogP contribution in [0, 0.1) is 0 Å². The molecule has 1 aliphatic rings. The molecule has 7 heteroatoms. The van der Waals surface area contributed by atoms with Crippen LogP contribution in [0.25, 0.3) is 0 Å². The average Bonchev–Trinajstić information content (AvgIpc) is 2.51. The quantitative estimate of drug-likeness (QED) is 0.773. The van der Waals surface area contributed by atoms with Crippen molar-refractivity contribution in [1.29, 1.82) is 0 Å². The van der Waals surface area contributed by atoms with Gasteiger partial charge in [0.2, 0.25) is 0 Å². The maximum atomic E-state index is 12.0. The molecule has 114 valence electrons. The van der Waals surface area contributed by atoms with E-state index in [9.17, 15) is 14.7 Å². The number of aromatic amines is 1. The van der Waals surface area contributed by atoms with Gasteiger partial charge in [-0.15, -0.1) is 0 Å². The molecule has 3 N–H and O–H groups in total. The van der Waals surface area contributed by atoms with E-state index in [-0.39, 0.29) is 24.1 Å². The summed E-state index contributed by atoms with van der Waals surface area (Å²) in [7, 11) is 0. The Bertz CT molecular complexity index is 756. The minimum atomic E-state index is -0.545. The molecule has 1 unspecified atom stereocenters. The van der Waals surface area contributed by atoms with Crippen molar-refractivity contribution in [1.82, 2.24) is 10.3 Å². The lowest BCUT2D eigenvalue weighted by molar-refractivity contribution is 0.0789. The topological polar surface area (TPSA) is 101 Å². The summed E-state index contributed by atoms with van der Waals surface area (Å²) in [6, 6.07) is 9.58. The number of nitrogens with one attached hydrogen (secondary N) is 2. The first-order valence-electron chi connectivity index (χ1n) is 6.72. The number of amides is 1. The molecule has 0 spiro atoms. The first-order chi connectivity index (χ1) is 10.6. The van der Waals surface area contributed by atoms with Gasteiger partial charge in [0.05, 0.1) is 12.1 Å². The predicted octanol–water partition coefficient (Wildman–Crippen LogP) is 0.650.